The van der Waals surface area contributed by atoms with Crippen LogP contribution in [0.2, 0.25) is 0 Å². The average molecular weight is 556 g/mol. The van der Waals surface area contributed by atoms with Crippen LogP contribution in [0.15, 0.2) is 115 Å². The smallest absolute Gasteiger partial charge is 0.0464 e. The zero-order valence-corrected chi connectivity index (χ0v) is 25.7. The molecular weight excluding hydrogens is 510 g/mol. The molecule has 0 spiro atoms. The molecule has 4 aromatic carbocycles. The van der Waals surface area contributed by atoms with Crippen LogP contribution in [-0.2, 0) is 0 Å². The van der Waals surface area contributed by atoms with Crippen LogP contribution in [0.1, 0.15) is 56.7 Å². The van der Waals surface area contributed by atoms with Crippen LogP contribution in [0.3, 0.4) is 0 Å². The Hall–Kier alpha value is -4.24. The lowest BCUT2D eigenvalue weighted by atomic mass is 9.76. The average Bonchev–Trinajstić information content (AvgIpc) is 3.05. The minimum atomic E-state index is 0.243. The van der Waals surface area contributed by atoms with Gasteiger partial charge in [0, 0.05) is 60.2 Å². The van der Waals surface area contributed by atoms with Crippen molar-refractivity contribution in [2.45, 2.75) is 40.0 Å². The highest BCUT2D eigenvalue weighted by Crippen LogP contribution is 2.42. The third-order valence-electron chi connectivity index (χ3n) is 8.77. The van der Waals surface area contributed by atoms with Crippen molar-refractivity contribution in [1.29, 1.82) is 0 Å². The molecule has 1 aliphatic carbocycles. The second-order valence-corrected chi connectivity index (χ2v) is 11.0. The Balaban J connectivity index is 1.57. The van der Waals surface area contributed by atoms with E-state index in [1.165, 1.54) is 33.3 Å². The molecule has 0 radical (unpaired) electrons. The van der Waals surface area contributed by atoms with Crippen molar-refractivity contribution >= 4 is 33.9 Å². The first-order valence-corrected chi connectivity index (χ1v) is 15.6. The lowest BCUT2D eigenvalue weighted by Crippen LogP contribution is -2.24. The van der Waals surface area contributed by atoms with Gasteiger partial charge in [0.05, 0.1) is 0 Å². The first-order valence-electron chi connectivity index (χ1n) is 15.6. The van der Waals surface area contributed by atoms with E-state index in [1.54, 1.807) is 0 Å². The number of hydrogen-bond acceptors (Lipinski definition) is 3. The van der Waals surface area contributed by atoms with Gasteiger partial charge < -0.3 is 15.1 Å². The SMILES string of the molecule is C=Cc1ccc(Nc2ccc(C(c3ccc(N(CC)CC)cc3)C3C=CC(N(CC)CC)=CC3)c3ccccc23)cc1. The third kappa shape index (κ3) is 6.16. The van der Waals surface area contributed by atoms with E-state index in [1.807, 2.05) is 6.08 Å². The van der Waals surface area contributed by atoms with E-state index in [0.29, 0.717) is 5.92 Å². The van der Waals surface area contributed by atoms with Gasteiger partial charge in [-0.25, -0.2) is 0 Å². The molecule has 0 saturated heterocycles. The molecule has 2 unspecified atom stereocenters. The first kappa shape index (κ1) is 29.3. The number of anilines is 3. The minimum absolute atomic E-state index is 0.243. The van der Waals surface area contributed by atoms with Crippen molar-refractivity contribution in [3.05, 3.63) is 132 Å². The van der Waals surface area contributed by atoms with Gasteiger partial charge in [-0.1, -0.05) is 79.4 Å². The molecule has 0 bridgehead atoms. The van der Waals surface area contributed by atoms with E-state index in [9.17, 15) is 0 Å². The van der Waals surface area contributed by atoms with Crippen LogP contribution in [-0.4, -0.2) is 31.1 Å². The highest BCUT2D eigenvalue weighted by Gasteiger charge is 2.27. The topological polar surface area (TPSA) is 18.5 Å². The largest absolute Gasteiger partial charge is 0.372 e. The molecule has 1 aliphatic rings. The lowest BCUT2D eigenvalue weighted by molar-refractivity contribution is 0.387. The first-order chi connectivity index (χ1) is 20.6. The van der Waals surface area contributed by atoms with Crippen LogP contribution in [0.5, 0.6) is 0 Å². The molecule has 216 valence electrons. The lowest BCUT2D eigenvalue weighted by Gasteiger charge is -2.31. The van der Waals surface area contributed by atoms with E-state index >= 15 is 0 Å². The standard InChI is InChI=1S/C39H45N3/c1-6-29-15-21-32(22-16-29)40-38-28-27-37(35-13-11-12-14-36(35)38)39(30-17-23-33(24-18-30)41(7-2)8-3)31-19-25-34(26-20-31)42(9-4)10-5/h6,11-19,21-28,31,39-40H,1,7-10,20H2,2-5H3. The second kappa shape index (κ2) is 13.6. The summed E-state index contributed by atoms with van der Waals surface area (Å²) in [5, 5.41) is 6.22. The predicted molar refractivity (Wildman–Crippen MR) is 184 cm³/mol. The fraction of sp³-hybridized carbons (Fsp3) is 0.282. The maximum absolute atomic E-state index is 3.88. The molecular formula is C39H45N3. The van der Waals surface area contributed by atoms with Gasteiger partial charge in [-0.3, -0.25) is 0 Å². The summed E-state index contributed by atoms with van der Waals surface area (Å²) in [6.45, 7) is 16.9. The fourth-order valence-electron chi connectivity index (χ4n) is 6.40. The van der Waals surface area contributed by atoms with E-state index in [-0.39, 0.29) is 5.92 Å². The van der Waals surface area contributed by atoms with Crippen LogP contribution >= 0.6 is 0 Å². The fourth-order valence-corrected chi connectivity index (χ4v) is 6.40. The number of hydrogen-bond donors (Lipinski definition) is 1. The Labute approximate surface area is 252 Å². The molecule has 5 rings (SSSR count). The van der Waals surface area contributed by atoms with E-state index in [0.717, 1.165) is 49.5 Å². The number of benzene rings is 4. The Bertz CT molecular complexity index is 1540. The van der Waals surface area contributed by atoms with Crippen molar-refractivity contribution in [1.82, 2.24) is 4.90 Å². The molecule has 42 heavy (non-hydrogen) atoms. The van der Waals surface area contributed by atoms with E-state index < -0.39 is 0 Å². The molecule has 0 aliphatic heterocycles. The maximum atomic E-state index is 3.88. The van der Waals surface area contributed by atoms with Gasteiger partial charge in [0.25, 0.3) is 0 Å². The van der Waals surface area contributed by atoms with Crippen LogP contribution < -0.4 is 10.2 Å². The van der Waals surface area contributed by atoms with Crippen molar-refractivity contribution in [3.8, 4) is 0 Å². The molecule has 3 nitrogen and oxygen atoms in total. The zero-order chi connectivity index (χ0) is 29.5. The van der Waals surface area contributed by atoms with Crippen molar-refractivity contribution in [3.63, 3.8) is 0 Å². The normalized spacial score (nSPS) is 15.2. The van der Waals surface area contributed by atoms with Gasteiger partial charge in [-0.2, -0.15) is 0 Å². The Morgan fingerprint density at radius 2 is 1.45 bits per heavy atom. The van der Waals surface area contributed by atoms with Gasteiger partial charge >= 0.3 is 0 Å². The van der Waals surface area contributed by atoms with E-state index in [4.69, 9.17) is 0 Å². The summed E-state index contributed by atoms with van der Waals surface area (Å²) in [6.07, 6.45) is 10.2. The molecule has 0 fully saturated rings. The molecule has 2 atom stereocenters. The van der Waals surface area contributed by atoms with Crippen LogP contribution in [0.4, 0.5) is 17.1 Å². The third-order valence-corrected chi connectivity index (χ3v) is 8.77. The molecule has 0 saturated carbocycles. The number of nitrogens with one attached hydrogen (secondary N) is 1. The van der Waals surface area contributed by atoms with Crippen molar-refractivity contribution in [2.24, 2.45) is 5.92 Å². The van der Waals surface area contributed by atoms with Gasteiger partial charge in [-0.05, 0) is 98.5 Å². The second-order valence-electron chi connectivity index (χ2n) is 11.0. The summed E-state index contributed by atoms with van der Waals surface area (Å²) in [4.78, 5) is 4.86. The summed E-state index contributed by atoms with van der Waals surface area (Å²) >= 11 is 0. The summed E-state index contributed by atoms with van der Waals surface area (Å²) in [6, 6.07) is 31.2. The maximum Gasteiger partial charge on any atom is 0.0464 e. The molecule has 0 amide bonds. The molecule has 1 N–H and O–H groups in total. The zero-order valence-electron chi connectivity index (χ0n) is 25.7. The van der Waals surface area contributed by atoms with Crippen LogP contribution in [0.25, 0.3) is 16.8 Å². The van der Waals surface area contributed by atoms with Gasteiger partial charge in [0.15, 0.2) is 0 Å². The molecule has 4 aromatic rings. The monoisotopic (exact) mass is 555 g/mol. The van der Waals surface area contributed by atoms with Gasteiger partial charge in [0.2, 0.25) is 0 Å². The number of allylic oxidation sites excluding steroid dienone is 3. The molecule has 3 heteroatoms. The molecule has 0 heterocycles. The minimum Gasteiger partial charge on any atom is -0.372 e. The summed E-state index contributed by atoms with van der Waals surface area (Å²) in [5.74, 6) is 0.615. The van der Waals surface area contributed by atoms with Gasteiger partial charge in [0.1, 0.15) is 0 Å². The Morgan fingerprint density at radius 1 is 0.786 bits per heavy atom. The van der Waals surface area contributed by atoms with E-state index in [2.05, 4.69) is 153 Å². The Kier molecular flexibility index (Phi) is 9.48. The summed E-state index contributed by atoms with van der Waals surface area (Å²) in [7, 11) is 0. The number of rotatable bonds is 12. The summed E-state index contributed by atoms with van der Waals surface area (Å²) in [5.41, 5.74) is 8.70. The molecule has 0 aromatic heterocycles. The van der Waals surface area contributed by atoms with Gasteiger partial charge in [-0.15, -0.1) is 0 Å². The quantitative estimate of drug-likeness (QED) is 0.188. The summed E-state index contributed by atoms with van der Waals surface area (Å²) < 4.78 is 0. The number of likely N-dealkylation sites (N-methyl/N-ethyl adjacent to an activating group) is 1. The highest BCUT2D eigenvalue weighted by molar-refractivity contribution is 5.98. The van der Waals surface area contributed by atoms with Crippen LogP contribution in [0, 0.1) is 5.92 Å². The Morgan fingerprint density at radius 3 is 2.05 bits per heavy atom. The number of fused-ring (bicyclic) bond motifs is 1. The predicted octanol–water partition coefficient (Wildman–Crippen LogP) is 10.0. The van der Waals surface area contributed by atoms with Crippen molar-refractivity contribution < 1.29 is 0 Å². The highest BCUT2D eigenvalue weighted by atomic mass is 15.1. The van der Waals surface area contributed by atoms with Crippen molar-refractivity contribution in [2.75, 3.05) is 36.4 Å². The number of nitrogens with zero attached hydrogens (tertiary/aromatic N) is 2.